The number of alkyl halides is 3. The first-order valence-electron chi connectivity index (χ1n) is 15.3. The lowest BCUT2D eigenvalue weighted by Gasteiger charge is -2.32. The number of nitrogens with two attached hydrogens (primary N) is 1. The highest BCUT2D eigenvalue weighted by Crippen LogP contribution is 2.26. The van der Waals surface area contributed by atoms with Gasteiger partial charge in [0.25, 0.3) is 0 Å². The summed E-state index contributed by atoms with van der Waals surface area (Å²) in [5.74, 6) is 5.80. The van der Waals surface area contributed by atoms with E-state index in [1.807, 2.05) is 38.1 Å². The van der Waals surface area contributed by atoms with Crippen molar-refractivity contribution in [3.8, 4) is 11.8 Å². The summed E-state index contributed by atoms with van der Waals surface area (Å²) in [7, 11) is 0. The van der Waals surface area contributed by atoms with Crippen molar-refractivity contribution in [2.24, 2.45) is 5.73 Å². The maximum atomic E-state index is 13.5. The highest BCUT2D eigenvalue weighted by molar-refractivity contribution is 5.92. The molecule has 46 heavy (non-hydrogen) atoms. The number of rotatable bonds is 10. The zero-order valence-corrected chi connectivity index (χ0v) is 26.0. The minimum Gasteiger partial charge on any atom is -0.373 e. The van der Waals surface area contributed by atoms with Gasteiger partial charge in [-0.25, -0.2) is 0 Å². The molecule has 0 aliphatic carbocycles. The molecule has 4 aromatic rings. The number of fused-ring (bicyclic) bond motifs is 1. The Kier molecular flexibility index (Phi) is 10.3. The van der Waals surface area contributed by atoms with Crippen LogP contribution in [0.3, 0.4) is 0 Å². The van der Waals surface area contributed by atoms with Crippen LogP contribution in [0.25, 0.3) is 10.9 Å². The third-order valence-electron chi connectivity index (χ3n) is 7.82. The summed E-state index contributed by atoms with van der Waals surface area (Å²) in [5, 5.41) is 10.3. The molecule has 1 aromatic carbocycles. The summed E-state index contributed by atoms with van der Waals surface area (Å²) in [5.41, 5.74) is 9.46. The second-order valence-corrected chi connectivity index (χ2v) is 12.2. The van der Waals surface area contributed by atoms with Gasteiger partial charge in [-0.2, -0.15) is 13.2 Å². The maximum absolute atomic E-state index is 13.5. The largest absolute Gasteiger partial charge is 0.406 e. The molecule has 0 atom stereocenters. The van der Waals surface area contributed by atoms with Crippen LogP contribution in [-0.4, -0.2) is 63.7 Å². The molecule has 0 radical (unpaired) electrons. The molecular weight excluding hydrogens is 593 g/mol. The molecule has 1 aliphatic heterocycles. The van der Waals surface area contributed by atoms with E-state index in [-0.39, 0.29) is 18.5 Å². The summed E-state index contributed by atoms with van der Waals surface area (Å²) in [6.07, 6.45) is 2.33. The SMILES string of the molecule is CC(C)(N)c1ccc(NCC#Cc2cc3cc(CNC4CCN(CC(=O)Nc5cccnc5)CC4)ccc3n2CC(F)(F)F)cn1. The van der Waals surface area contributed by atoms with Crippen molar-refractivity contribution >= 4 is 28.2 Å². The number of pyridine rings is 2. The Hall–Kier alpha value is -4.44. The number of carbonyl (C=O) groups excluding carboxylic acids is 1. The van der Waals surface area contributed by atoms with E-state index in [4.69, 9.17) is 5.73 Å². The lowest BCUT2D eigenvalue weighted by atomic mass is 10.0. The molecular formula is C34H39F3N8O. The van der Waals surface area contributed by atoms with Crippen LogP contribution in [0.2, 0.25) is 0 Å². The quantitative estimate of drug-likeness (QED) is 0.185. The van der Waals surface area contributed by atoms with Crippen LogP contribution in [0.4, 0.5) is 24.5 Å². The Morgan fingerprint density at radius 1 is 1.07 bits per heavy atom. The predicted molar refractivity (Wildman–Crippen MR) is 174 cm³/mol. The fourth-order valence-corrected chi connectivity index (χ4v) is 5.44. The van der Waals surface area contributed by atoms with Crippen molar-refractivity contribution in [1.82, 2.24) is 24.8 Å². The van der Waals surface area contributed by atoms with Crippen LogP contribution in [0.5, 0.6) is 0 Å². The Morgan fingerprint density at radius 2 is 1.87 bits per heavy atom. The third kappa shape index (κ3) is 9.29. The number of aromatic nitrogens is 3. The zero-order chi connectivity index (χ0) is 32.7. The first kappa shape index (κ1) is 32.9. The van der Waals surface area contributed by atoms with Gasteiger partial charge in [-0.3, -0.25) is 19.7 Å². The van der Waals surface area contributed by atoms with E-state index in [0.717, 1.165) is 42.9 Å². The smallest absolute Gasteiger partial charge is 0.373 e. The molecule has 1 amide bonds. The van der Waals surface area contributed by atoms with Crippen molar-refractivity contribution < 1.29 is 18.0 Å². The van der Waals surface area contributed by atoms with Crippen LogP contribution in [-0.2, 0) is 23.4 Å². The number of hydrogen-bond donors (Lipinski definition) is 4. The number of amides is 1. The van der Waals surface area contributed by atoms with Gasteiger partial charge in [0.2, 0.25) is 5.91 Å². The molecule has 5 rings (SSSR count). The second kappa shape index (κ2) is 14.3. The second-order valence-electron chi connectivity index (χ2n) is 12.2. The number of carbonyl (C=O) groups is 1. The third-order valence-corrected chi connectivity index (χ3v) is 7.82. The molecule has 0 saturated carbocycles. The standard InChI is InChI=1S/C34H39F3N8O/c1-33(2,38)31-10-8-27(21-42-31)40-14-4-6-29-18-25-17-24(7-9-30(25)45(29)23-34(35,36)37)19-41-26-11-15-44(16-12-26)22-32(46)43-28-5-3-13-39-20-28/h3,5,7-10,13,17-18,20-21,26,40-41H,11-12,14-16,19,22-23,38H2,1-2H3,(H,43,46). The van der Waals surface area contributed by atoms with Gasteiger partial charge in [0, 0.05) is 42.8 Å². The van der Waals surface area contributed by atoms with Crippen LogP contribution >= 0.6 is 0 Å². The molecule has 0 spiro atoms. The molecule has 9 nitrogen and oxygen atoms in total. The lowest BCUT2D eigenvalue weighted by Crippen LogP contribution is -2.44. The fraction of sp³-hybridized carbons (Fsp3) is 0.382. The van der Waals surface area contributed by atoms with Crippen molar-refractivity contribution in [3.05, 3.63) is 84.1 Å². The van der Waals surface area contributed by atoms with E-state index in [2.05, 4.69) is 42.7 Å². The summed E-state index contributed by atoms with van der Waals surface area (Å²) in [4.78, 5) is 22.9. The van der Waals surface area contributed by atoms with Crippen molar-refractivity contribution in [1.29, 1.82) is 0 Å². The monoisotopic (exact) mass is 632 g/mol. The Balaban J connectivity index is 1.16. The van der Waals surface area contributed by atoms with E-state index >= 15 is 0 Å². The molecule has 0 unspecified atom stereocenters. The average Bonchev–Trinajstić information content (AvgIpc) is 3.34. The Labute approximate surface area is 266 Å². The van der Waals surface area contributed by atoms with Crippen LogP contribution < -0.4 is 21.7 Å². The van der Waals surface area contributed by atoms with E-state index < -0.39 is 18.3 Å². The lowest BCUT2D eigenvalue weighted by molar-refractivity contribution is -0.140. The number of anilines is 2. The van der Waals surface area contributed by atoms with Crippen molar-refractivity contribution in [3.63, 3.8) is 0 Å². The van der Waals surface area contributed by atoms with E-state index in [1.165, 1.54) is 4.57 Å². The zero-order valence-electron chi connectivity index (χ0n) is 26.0. The van der Waals surface area contributed by atoms with Crippen LogP contribution in [0.1, 0.15) is 43.6 Å². The number of benzene rings is 1. The molecule has 12 heteroatoms. The summed E-state index contributed by atoms with van der Waals surface area (Å²) < 4.78 is 41.8. The predicted octanol–water partition coefficient (Wildman–Crippen LogP) is 4.84. The molecule has 5 N–H and O–H groups in total. The summed E-state index contributed by atoms with van der Waals surface area (Å²) in [6, 6.07) is 14.8. The minimum absolute atomic E-state index is 0.0652. The van der Waals surface area contributed by atoms with Gasteiger partial charge in [0.05, 0.1) is 53.8 Å². The van der Waals surface area contributed by atoms with E-state index in [0.29, 0.717) is 35.4 Å². The minimum atomic E-state index is -4.39. The van der Waals surface area contributed by atoms with Gasteiger partial charge < -0.3 is 26.3 Å². The normalized spacial score (nSPS) is 14.6. The van der Waals surface area contributed by atoms with Crippen molar-refractivity contribution in [2.45, 2.75) is 57.5 Å². The molecule has 242 valence electrons. The van der Waals surface area contributed by atoms with Gasteiger partial charge in [0.1, 0.15) is 6.54 Å². The highest BCUT2D eigenvalue weighted by atomic mass is 19.4. The number of halogens is 3. The highest BCUT2D eigenvalue weighted by Gasteiger charge is 2.29. The number of piperidine rings is 1. The molecule has 1 fully saturated rings. The first-order chi connectivity index (χ1) is 21.9. The van der Waals surface area contributed by atoms with Gasteiger partial charge in [-0.15, -0.1) is 0 Å². The topological polar surface area (TPSA) is 113 Å². The van der Waals surface area contributed by atoms with Gasteiger partial charge >= 0.3 is 6.18 Å². The van der Waals surface area contributed by atoms with E-state index in [9.17, 15) is 18.0 Å². The van der Waals surface area contributed by atoms with Gasteiger partial charge in [-0.1, -0.05) is 12.0 Å². The number of nitrogens with one attached hydrogen (secondary N) is 3. The Morgan fingerprint density at radius 3 is 2.54 bits per heavy atom. The number of hydrogen-bond acceptors (Lipinski definition) is 7. The summed E-state index contributed by atoms with van der Waals surface area (Å²) >= 11 is 0. The molecule has 4 heterocycles. The molecule has 0 bridgehead atoms. The molecule has 3 aromatic heterocycles. The number of likely N-dealkylation sites (tertiary alicyclic amines) is 1. The fourth-order valence-electron chi connectivity index (χ4n) is 5.44. The van der Waals surface area contributed by atoms with Crippen molar-refractivity contribution in [2.75, 3.05) is 36.8 Å². The molecule has 1 saturated heterocycles. The van der Waals surface area contributed by atoms with Gasteiger partial charge in [0.15, 0.2) is 0 Å². The van der Waals surface area contributed by atoms with Crippen LogP contribution in [0.15, 0.2) is 67.1 Å². The maximum Gasteiger partial charge on any atom is 0.406 e. The Bertz CT molecular complexity index is 1680. The van der Waals surface area contributed by atoms with E-state index in [1.54, 1.807) is 42.9 Å². The average molecular weight is 633 g/mol. The summed E-state index contributed by atoms with van der Waals surface area (Å²) in [6.45, 7) is 5.36. The molecule has 1 aliphatic rings. The number of nitrogens with zero attached hydrogens (tertiary/aromatic N) is 4. The van der Waals surface area contributed by atoms with Gasteiger partial charge in [-0.05, 0) is 80.6 Å². The first-order valence-corrected chi connectivity index (χ1v) is 15.3. The van der Waals surface area contributed by atoms with Crippen LogP contribution in [0, 0.1) is 11.8 Å².